The van der Waals surface area contributed by atoms with Crippen molar-refractivity contribution in [2.75, 3.05) is 11.5 Å². The van der Waals surface area contributed by atoms with Gasteiger partial charge in [0.25, 0.3) is 0 Å². The molecule has 4 N–H and O–H groups in total. The Morgan fingerprint density at radius 1 is 0.956 bits per heavy atom. The quantitative estimate of drug-likeness (QED) is 0.259. The van der Waals surface area contributed by atoms with Gasteiger partial charge in [0.2, 0.25) is 0 Å². The average Bonchev–Trinajstić information content (AvgIpc) is 3.27. The normalized spacial score (nSPS) is 31.6. The number of nitrogens with zero attached hydrogens (tertiary/aromatic N) is 3. The molecule has 2 aromatic rings. The van der Waals surface area contributed by atoms with E-state index in [0.717, 1.165) is 31.4 Å². The molecular weight excluding hydrogens is 590 g/mol. The van der Waals surface area contributed by atoms with Crippen molar-refractivity contribution < 1.29 is 19.1 Å². The number of halogens is 1. The molecule has 0 saturated heterocycles. The third kappa shape index (κ3) is 6.07. The van der Waals surface area contributed by atoms with Gasteiger partial charge >= 0.3 is 5.97 Å². The molecule has 2 saturated carbocycles. The van der Waals surface area contributed by atoms with Gasteiger partial charge in [-0.15, -0.1) is 17.5 Å². The summed E-state index contributed by atoms with van der Waals surface area (Å²) in [6, 6.07) is 12.7. The Kier molecular flexibility index (Phi) is 9.73. The van der Waals surface area contributed by atoms with Crippen LogP contribution in [0.3, 0.4) is 0 Å². The van der Waals surface area contributed by atoms with Crippen LogP contribution in [0.15, 0.2) is 76.0 Å². The Morgan fingerprint density at radius 3 is 2.29 bits per heavy atom. The van der Waals surface area contributed by atoms with Crippen LogP contribution >= 0.6 is 12.4 Å². The minimum Gasteiger partial charge on any atom is -0.451 e. The molecule has 0 bridgehead atoms. The molecule has 45 heavy (non-hydrogen) atoms. The van der Waals surface area contributed by atoms with E-state index >= 15 is 0 Å². The predicted molar refractivity (Wildman–Crippen MR) is 177 cm³/mol. The number of hydrogen-bond donors (Lipinski definition) is 2. The Hall–Kier alpha value is -3.85. The molecule has 6 atom stereocenters. The topological polar surface area (TPSA) is 150 Å². The Balaban J connectivity index is 0.000000231. The lowest BCUT2D eigenvalue weighted by atomic mass is 9.47. The number of allylic oxidation sites excluding steroid dienone is 4. The summed E-state index contributed by atoms with van der Waals surface area (Å²) in [5, 5.41) is 8.03. The molecule has 1 heterocycles. The predicted octanol–water partition coefficient (Wildman–Crippen LogP) is 7.66. The van der Waals surface area contributed by atoms with Crippen LogP contribution in [0.25, 0.3) is 0 Å². The number of carbonyl (C=O) groups excluding carboxylic acids is 3. The number of esters is 1. The Bertz CT molecular complexity index is 1570. The van der Waals surface area contributed by atoms with Crippen molar-refractivity contribution in [3.05, 3.63) is 65.8 Å². The van der Waals surface area contributed by atoms with Gasteiger partial charge in [0.05, 0.1) is 5.69 Å². The number of nitrogens with two attached hydrogens (primary N) is 2. The summed E-state index contributed by atoms with van der Waals surface area (Å²) < 4.78 is 5.82. The fourth-order valence-electron chi connectivity index (χ4n) is 8.65. The number of fused-ring (bicyclic) bond motifs is 5. The highest BCUT2D eigenvalue weighted by molar-refractivity contribution is 5.92. The number of rotatable bonds is 4. The fraction of sp³-hybridized carbons (Fsp3) is 0.486. The number of ether oxygens (including phenoxy) is 1. The van der Waals surface area contributed by atoms with E-state index in [9.17, 15) is 14.4 Å². The number of ketones is 2. The molecule has 4 aliphatic carbocycles. The third-order valence-electron chi connectivity index (χ3n) is 10.8. The maximum Gasteiger partial charge on any atom is 0.303 e. The number of benzene rings is 1. The summed E-state index contributed by atoms with van der Waals surface area (Å²) in [7, 11) is 0. The molecule has 6 rings (SSSR count). The molecular formula is C35H44ClN5O4. The SMILES string of the molecule is CC(=O)OC1(C(C)=O)CCC2C3C=C(C)C4=CC(=O)CCC4(C)C3CCC21C.Cl.Nc1ccc(N=Nc2ccccc2)c(N)n1. The number of pyridine rings is 1. The Labute approximate surface area is 271 Å². The van der Waals surface area contributed by atoms with Gasteiger partial charge in [-0.05, 0) is 105 Å². The second-order valence-electron chi connectivity index (χ2n) is 13.2. The average molecular weight is 634 g/mol. The summed E-state index contributed by atoms with van der Waals surface area (Å²) in [5.41, 5.74) is 13.5. The lowest BCUT2D eigenvalue weighted by Crippen LogP contribution is -2.58. The number of hydrogen-bond acceptors (Lipinski definition) is 9. The number of carbonyl (C=O) groups is 3. The monoisotopic (exact) mass is 633 g/mol. The van der Waals surface area contributed by atoms with Crippen molar-refractivity contribution in [2.24, 2.45) is 38.8 Å². The molecule has 1 aromatic heterocycles. The molecule has 9 nitrogen and oxygen atoms in total. The van der Waals surface area contributed by atoms with Gasteiger partial charge in [-0.25, -0.2) is 4.98 Å². The smallest absolute Gasteiger partial charge is 0.303 e. The number of nitrogen functional groups attached to an aromatic ring is 2. The molecule has 0 spiro atoms. The summed E-state index contributed by atoms with van der Waals surface area (Å²) >= 11 is 0. The van der Waals surface area contributed by atoms with Gasteiger partial charge in [-0.2, -0.15) is 5.11 Å². The minimum absolute atomic E-state index is 0. The van der Waals surface area contributed by atoms with E-state index in [2.05, 4.69) is 42.1 Å². The van der Waals surface area contributed by atoms with Crippen molar-refractivity contribution in [1.29, 1.82) is 0 Å². The van der Waals surface area contributed by atoms with E-state index in [4.69, 9.17) is 16.2 Å². The maximum absolute atomic E-state index is 12.8. The maximum atomic E-state index is 12.8. The second-order valence-corrected chi connectivity index (χ2v) is 13.2. The molecule has 0 amide bonds. The van der Waals surface area contributed by atoms with Crippen molar-refractivity contribution in [3.8, 4) is 0 Å². The zero-order valence-corrected chi connectivity index (χ0v) is 27.5. The number of anilines is 2. The van der Waals surface area contributed by atoms with E-state index in [0.29, 0.717) is 42.1 Å². The fourth-order valence-corrected chi connectivity index (χ4v) is 8.65. The van der Waals surface area contributed by atoms with Crippen LogP contribution in [0, 0.1) is 28.6 Å². The van der Waals surface area contributed by atoms with Gasteiger partial charge in [-0.1, -0.05) is 43.7 Å². The highest BCUT2D eigenvalue weighted by Gasteiger charge is 2.67. The van der Waals surface area contributed by atoms with Crippen LogP contribution in [0.2, 0.25) is 0 Å². The van der Waals surface area contributed by atoms with Gasteiger partial charge in [0, 0.05) is 18.8 Å². The number of Topliss-reactive ketones (excluding diaryl/α,β-unsaturated/α-hetero) is 1. The zero-order chi connectivity index (χ0) is 31.9. The first kappa shape index (κ1) is 34.0. The lowest BCUT2D eigenvalue weighted by molar-refractivity contribution is -0.185. The summed E-state index contributed by atoms with van der Waals surface area (Å²) in [4.78, 5) is 40.6. The highest BCUT2D eigenvalue weighted by atomic mass is 35.5. The largest absolute Gasteiger partial charge is 0.451 e. The first-order valence-corrected chi connectivity index (χ1v) is 15.4. The van der Waals surface area contributed by atoms with Crippen LogP contribution in [0.1, 0.15) is 73.1 Å². The van der Waals surface area contributed by atoms with E-state index in [1.807, 2.05) is 36.4 Å². The minimum atomic E-state index is -0.990. The zero-order valence-electron chi connectivity index (χ0n) is 26.7. The van der Waals surface area contributed by atoms with Crippen LogP contribution in [0.5, 0.6) is 0 Å². The van der Waals surface area contributed by atoms with Crippen molar-refractivity contribution in [1.82, 2.24) is 4.98 Å². The van der Waals surface area contributed by atoms with E-state index < -0.39 is 5.60 Å². The van der Waals surface area contributed by atoms with Crippen molar-refractivity contribution >= 4 is 53.0 Å². The van der Waals surface area contributed by atoms with E-state index in [1.54, 1.807) is 19.1 Å². The number of azo groups is 1. The molecule has 4 aliphatic rings. The molecule has 0 radical (unpaired) electrons. The van der Waals surface area contributed by atoms with E-state index in [-0.39, 0.29) is 46.6 Å². The lowest BCUT2D eigenvalue weighted by Gasteiger charge is -2.58. The first-order chi connectivity index (χ1) is 20.8. The molecule has 1 aromatic carbocycles. The summed E-state index contributed by atoms with van der Waals surface area (Å²) in [6.45, 7) is 9.63. The van der Waals surface area contributed by atoms with Gasteiger partial charge in [0.15, 0.2) is 23.0 Å². The molecule has 10 heteroatoms. The van der Waals surface area contributed by atoms with E-state index in [1.165, 1.54) is 18.1 Å². The molecule has 0 aliphatic heterocycles. The molecule has 2 fully saturated rings. The van der Waals surface area contributed by atoms with Gasteiger partial charge in [-0.3, -0.25) is 14.4 Å². The van der Waals surface area contributed by atoms with Crippen LogP contribution < -0.4 is 11.5 Å². The van der Waals surface area contributed by atoms with Crippen molar-refractivity contribution in [2.45, 2.75) is 78.7 Å². The van der Waals surface area contributed by atoms with Crippen LogP contribution in [-0.2, 0) is 19.1 Å². The van der Waals surface area contributed by atoms with Crippen molar-refractivity contribution in [3.63, 3.8) is 0 Å². The molecule has 6 unspecified atom stereocenters. The second kappa shape index (κ2) is 12.9. The Morgan fingerprint density at radius 2 is 1.64 bits per heavy atom. The first-order valence-electron chi connectivity index (χ1n) is 15.4. The highest BCUT2D eigenvalue weighted by Crippen LogP contribution is 2.67. The van der Waals surface area contributed by atoms with Gasteiger partial charge < -0.3 is 16.2 Å². The van der Waals surface area contributed by atoms with Crippen LogP contribution in [-0.4, -0.2) is 28.1 Å². The summed E-state index contributed by atoms with van der Waals surface area (Å²) in [5.74, 6) is 1.68. The summed E-state index contributed by atoms with van der Waals surface area (Å²) in [6.07, 6.45) is 9.20. The standard InChI is InChI=1S/C24H32O4.C11H11N5.ClH/c1-14-12-18-19(22(4)9-6-17(27)13-21(14)22)7-10-23(5)20(18)8-11-24(23,15(2)25)28-16(3)26;12-10-7-6-9(11(13)14-10)16-15-8-4-2-1-3-5-8;/h12-13,18-20H,6-11H2,1-5H3;1-7H,(H4,12,13,14);1H. The molecule has 240 valence electrons. The third-order valence-corrected chi connectivity index (χ3v) is 10.8. The van der Waals surface area contributed by atoms with Gasteiger partial charge in [0.1, 0.15) is 11.5 Å². The van der Waals surface area contributed by atoms with Crippen LogP contribution in [0.4, 0.5) is 23.0 Å². The number of aromatic nitrogens is 1.